The van der Waals surface area contributed by atoms with Crippen molar-refractivity contribution in [3.63, 3.8) is 0 Å². The predicted molar refractivity (Wildman–Crippen MR) is 317 cm³/mol. The molecule has 0 aromatic rings. The van der Waals surface area contributed by atoms with Crippen LogP contribution in [0.3, 0.4) is 0 Å². The maximum absolute atomic E-state index is 13.9. The Morgan fingerprint density at radius 2 is 0.851 bits per heavy atom. The summed E-state index contributed by atoms with van der Waals surface area (Å²) in [5.74, 6) is -12.2. The zero-order chi connectivity index (χ0) is 66.5. The fourth-order valence-corrected chi connectivity index (χ4v) is 8.12. The number of aliphatic hydroxyl groups excluding tert-OH is 2. The number of nitrogens with zero attached hydrogens (tertiary/aromatic N) is 1. The number of aliphatic imine (C=N–C) groups is 1. The Hall–Kier alpha value is -7.82. The Morgan fingerprint density at radius 1 is 0.460 bits per heavy atom. The van der Waals surface area contributed by atoms with E-state index in [9.17, 15) is 77.6 Å². The van der Waals surface area contributed by atoms with Crippen LogP contribution in [0.15, 0.2) is 4.99 Å². The molecular weight excluding hydrogens is 1140 g/mol. The molecule has 0 saturated carbocycles. The van der Waals surface area contributed by atoms with Crippen molar-refractivity contribution in [2.24, 2.45) is 45.3 Å². The number of aliphatic carboxylic acids is 1. The summed E-state index contributed by atoms with van der Waals surface area (Å²) < 4.78 is 0. The highest BCUT2D eigenvalue weighted by molar-refractivity contribution is 5.99. The lowest BCUT2D eigenvalue weighted by atomic mass is 10.0. The molecule has 34 nitrogen and oxygen atoms in total. The molecule has 0 heterocycles. The molecule has 0 bridgehead atoms. The Labute approximate surface area is 506 Å². The Kier molecular flexibility index (Phi) is 39.1. The van der Waals surface area contributed by atoms with E-state index in [4.69, 9.17) is 34.4 Å². The minimum Gasteiger partial charge on any atom is -0.480 e. The Balaban J connectivity index is 6.42. The summed E-state index contributed by atoms with van der Waals surface area (Å²) in [7, 11) is 0. The molecule has 0 aromatic heterocycles. The van der Waals surface area contributed by atoms with Crippen molar-refractivity contribution in [3.8, 4) is 0 Å². The molecule has 0 fully saturated rings. The molecule has 0 aromatic carbocycles. The highest BCUT2D eigenvalue weighted by Crippen LogP contribution is 2.11. The van der Waals surface area contributed by atoms with Crippen molar-refractivity contribution in [3.05, 3.63) is 0 Å². The van der Waals surface area contributed by atoms with Gasteiger partial charge in [0, 0.05) is 26.4 Å². The summed E-state index contributed by atoms with van der Waals surface area (Å²) in [5, 5.41) is 56.6. The monoisotopic (exact) mass is 1240 g/mol. The van der Waals surface area contributed by atoms with Crippen molar-refractivity contribution in [1.82, 2.24) is 58.5 Å². The Bertz CT molecular complexity index is 2310. The smallest absolute Gasteiger partial charge is 0.328 e. The van der Waals surface area contributed by atoms with Gasteiger partial charge >= 0.3 is 5.97 Å². The SMILES string of the molecule is CC(=O)NCCCC[C@H](NC(=O)[C@@H](NC(=O)[C@H](C)NC(=O)[C@H](CC(C)C)NC(=O)[C@H](CCC(N)=O)NC(=O)[C@@H](N)CCCCN)[C@@H](C)O)C(=O)N[C@@H](C)C(=O)N[C@@H](C)C(=O)N[C@@H](CCCN=C(N)N)C(=O)N[C@@H](CCCCN)C(=O)N[C@@H](CO)C(=O)O. The molecule has 0 rings (SSSR count). The van der Waals surface area contributed by atoms with Gasteiger partial charge in [-0.3, -0.25) is 62.5 Å². The number of carboxylic acids is 1. The van der Waals surface area contributed by atoms with Gasteiger partial charge in [0.05, 0.1) is 18.8 Å². The van der Waals surface area contributed by atoms with Gasteiger partial charge in [0.1, 0.15) is 60.4 Å². The number of nitrogens with two attached hydrogens (primary N) is 6. The average molecular weight is 1240 g/mol. The molecule has 87 heavy (non-hydrogen) atoms. The number of guanidine groups is 1. The van der Waals surface area contributed by atoms with E-state index in [1.165, 1.54) is 27.7 Å². The quantitative estimate of drug-likeness (QED) is 0.0153. The number of rotatable bonds is 45. The molecule has 0 aliphatic rings. The van der Waals surface area contributed by atoms with Crippen LogP contribution in [0.2, 0.25) is 0 Å². The molecule has 12 atom stereocenters. The second-order valence-electron chi connectivity index (χ2n) is 21.5. The van der Waals surface area contributed by atoms with Crippen LogP contribution in [0, 0.1) is 5.92 Å². The lowest BCUT2D eigenvalue weighted by Gasteiger charge is -2.28. The molecular formula is C53H98N18O16. The first-order valence-electron chi connectivity index (χ1n) is 29.1. The van der Waals surface area contributed by atoms with Crippen LogP contribution in [0.1, 0.15) is 138 Å². The van der Waals surface area contributed by atoms with E-state index in [1.807, 2.05) is 0 Å². The van der Waals surface area contributed by atoms with Gasteiger partial charge in [-0.25, -0.2) is 4.79 Å². The number of carboxylic acid groups (broad SMARTS) is 1. The average Bonchev–Trinajstić information content (AvgIpc) is 3.34. The number of primary amides is 1. The predicted octanol–water partition coefficient (Wildman–Crippen LogP) is -7.39. The van der Waals surface area contributed by atoms with E-state index in [2.05, 4.69) is 63.5 Å². The molecule has 0 aliphatic heterocycles. The standard InChI is InChI=1S/C53H98N18O16/c1-27(2)25-38(69-49(83)37(19-20-40(57)75)66-45(79)33(56)15-8-11-21-54)50(84)64-30(5)44(78)71-41(31(6)73)51(85)68-34(17-10-13-23-60-32(7)74)46(80)63-28(3)42(76)62-29(4)43(77)65-36(18-14-24-61-53(58)59)47(81)67-35(16-9-12-22-55)48(82)70-39(26-72)52(86)87/h27-31,33-39,41,72-73H,8-26,54-56H2,1-7H3,(H2,57,75)(H,60,74)(H,62,76)(H,63,80)(H,64,84)(H,65,77)(H,66,79)(H,67,81)(H,68,85)(H,69,83)(H,70,82)(H,71,78)(H,86,87)(H4,58,59,61)/t28-,29-,30-,31+,33-,34-,35-,36-,37-,38-,39-,41-/m0/s1. The zero-order valence-corrected chi connectivity index (χ0v) is 51.0. The van der Waals surface area contributed by atoms with Crippen molar-refractivity contribution < 1.29 is 77.6 Å². The first-order valence-corrected chi connectivity index (χ1v) is 29.1. The van der Waals surface area contributed by atoms with Gasteiger partial charge in [0.15, 0.2) is 5.96 Å². The van der Waals surface area contributed by atoms with Crippen molar-refractivity contribution in [1.29, 1.82) is 0 Å². The summed E-state index contributed by atoms with van der Waals surface area (Å²) in [6, 6.07) is -15.5. The minimum absolute atomic E-state index is 0.00819. The molecule has 496 valence electrons. The van der Waals surface area contributed by atoms with Gasteiger partial charge < -0.3 is 108 Å². The van der Waals surface area contributed by atoms with Gasteiger partial charge in [-0.15, -0.1) is 0 Å². The number of carbonyl (C=O) groups is 13. The van der Waals surface area contributed by atoms with Gasteiger partial charge in [0.2, 0.25) is 70.9 Å². The summed E-state index contributed by atoms with van der Waals surface area (Å²) in [4.78, 5) is 174. The second-order valence-corrected chi connectivity index (χ2v) is 21.5. The summed E-state index contributed by atoms with van der Waals surface area (Å²) >= 11 is 0. The molecule has 34 heteroatoms. The van der Waals surface area contributed by atoms with Gasteiger partial charge in [-0.2, -0.15) is 0 Å². The highest BCUT2D eigenvalue weighted by Gasteiger charge is 2.36. The van der Waals surface area contributed by atoms with E-state index in [1.54, 1.807) is 13.8 Å². The number of aliphatic hydroxyl groups is 2. The van der Waals surface area contributed by atoms with Crippen molar-refractivity contribution >= 4 is 82.8 Å². The summed E-state index contributed by atoms with van der Waals surface area (Å²) in [6.07, 6.45) is 0.400. The van der Waals surface area contributed by atoms with Crippen LogP contribution in [0.5, 0.6) is 0 Å². The van der Waals surface area contributed by atoms with Crippen LogP contribution in [-0.2, 0) is 62.3 Å². The fraction of sp³-hybridized carbons (Fsp3) is 0.736. The molecule has 0 radical (unpaired) electrons. The van der Waals surface area contributed by atoms with Gasteiger partial charge in [-0.1, -0.05) is 20.3 Å². The number of hydrogen-bond acceptors (Lipinski definition) is 19. The third kappa shape index (κ3) is 33.6. The van der Waals surface area contributed by atoms with Crippen LogP contribution >= 0.6 is 0 Å². The maximum Gasteiger partial charge on any atom is 0.328 e. The van der Waals surface area contributed by atoms with Crippen LogP contribution < -0.4 is 92.9 Å². The lowest BCUT2D eigenvalue weighted by Crippen LogP contribution is -2.61. The normalized spacial score (nSPS) is 15.2. The van der Waals surface area contributed by atoms with E-state index in [0.717, 1.165) is 6.92 Å². The first-order chi connectivity index (χ1) is 40.8. The van der Waals surface area contributed by atoms with E-state index in [-0.39, 0.29) is 95.2 Å². The number of amides is 12. The lowest BCUT2D eigenvalue weighted by molar-refractivity contribution is -0.143. The van der Waals surface area contributed by atoms with E-state index >= 15 is 0 Å². The van der Waals surface area contributed by atoms with Crippen LogP contribution in [-0.4, -0.2) is 203 Å². The molecule has 0 spiro atoms. The molecule has 26 N–H and O–H groups in total. The van der Waals surface area contributed by atoms with E-state index < -0.39 is 150 Å². The zero-order valence-electron chi connectivity index (χ0n) is 51.0. The number of carbonyl (C=O) groups excluding carboxylic acids is 12. The third-order valence-electron chi connectivity index (χ3n) is 13.2. The summed E-state index contributed by atoms with van der Waals surface area (Å²) in [5.41, 5.74) is 33.3. The van der Waals surface area contributed by atoms with Crippen LogP contribution in [0.25, 0.3) is 0 Å². The third-order valence-corrected chi connectivity index (χ3v) is 13.2. The molecule has 0 unspecified atom stereocenters. The molecule has 0 aliphatic carbocycles. The number of unbranched alkanes of at least 4 members (excludes halogenated alkanes) is 3. The largest absolute Gasteiger partial charge is 0.480 e. The van der Waals surface area contributed by atoms with Gasteiger partial charge in [-0.05, 0) is 124 Å². The molecule has 0 saturated heterocycles. The van der Waals surface area contributed by atoms with Crippen molar-refractivity contribution in [2.75, 3.05) is 32.8 Å². The van der Waals surface area contributed by atoms with Crippen LogP contribution in [0.4, 0.5) is 0 Å². The number of hydrogen-bond donors (Lipinski definition) is 20. The Morgan fingerprint density at radius 3 is 1.31 bits per heavy atom. The fourth-order valence-electron chi connectivity index (χ4n) is 8.12. The second kappa shape index (κ2) is 42.9. The molecule has 12 amide bonds. The maximum atomic E-state index is 13.9. The number of nitrogens with one attached hydrogen (secondary N) is 11. The topological polar surface area (TPSA) is 583 Å². The summed E-state index contributed by atoms with van der Waals surface area (Å²) in [6.45, 7) is 9.59. The van der Waals surface area contributed by atoms with E-state index in [0.29, 0.717) is 38.6 Å². The highest BCUT2D eigenvalue weighted by atomic mass is 16.4. The minimum atomic E-state index is -1.76. The first kappa shape index (κ1) is 79.2. The van der Waals surface area contributed by atoms with Crippen molar-refractivity contribution in [2.45, 2.75) is 211 Å². The van der Waals surface area contributed by atoms with Gasteiger partial charge in [0.25, 0.3) is 0 Å².